The molecule has 7 nitrogen and oxygen atoms in total. The molecule has 1 spiro atoms. The van der Waals surface area contributed by atoms with Crippen LogP contribution in [0.3, 0.4) is 0 Å². The SMILES string of the molecule is COc1cccc(CN2CCC[C@]3(CCN(C(=O)c4ccc(OC)nc4OC)C3)C2)c1. The molecule has 2 saturated heterocycles. The number of hydrogen-bond acceptors (Lipinski definition) is 6. The van der Waals surface area contributed by atoms with E-state index in [1.54, 1.807) is 26.4 Å². The summed E-state index contributed by atoms with van der Waals surface area (Å²) in [6.07, 6.45) is 3.34. The van der Waals surface area contributed by atoms with Gasteiger partial charge < -0.3 is 19.1 Å². The largest absolute Gasteiger partial charge is 0.497 e. The number of hydrogen-bond donors (Lipinski definition) is 0. The van der Waals surface area contributed by atoms with E-state index in [1.165, 1.54) is 12.7 Å². The highest BCUT2D eigenvalue weighted by Gasteiger charge is 2.43. The highest BCUT2D eigenvalue weighted by Crippen LogP contribution is 2.40. The van der Waals surface area contributed by atoms with Crippen molar-refractivity contribution >= 4 is 5.91 Å². The van der Waals surface area contributed by atoms with Gasteiger partial charge in [0.25, 0.3) is 5.91 Å². The van der Waals surface area contributed by atoms with Gasteiger partial charge in [0.05, 0.1) is 21.3 Å². The van der Waals surface area contributed by atoms with Crippen molar-refractivity contribution in [1.29, 1.82) is 0 Å². The third-order valence-electron chi connectivity index (χ3n) is 6.47. The van der Waals surface area contributed by atoms with Crippen molar-refractivity contribution in [3.05, 3.63) is 47.5 Å². The predicted molar refractivity (Wildman–Crippen MR) is 118 cm³/mol. The van der Waals surface area contributed by atoms with Crippen LogP contribution in [0.25, 0.3) is 0 Å². The number of pyridine rings is 1. The van der Waals surface area contributed by atoms with Gasteiger partial charge in [-0.05, 0) is 49.6 Å². The molecule has 0 unspecified atom stereocenters. The van der Waals surface area contributed by atoms with Crippen LogP contribution in [0.15, 0.2) is 36.4 Å². The maximum atomic E-state index is 13.2. The van der Waals surface area contributed by atoms with Crippen LogP contribution in [0.4, 0.5) is 0 Å². The van der Waals surface area contributed by atoms with Gasteiger partial charge in [0.1, 0.15) is 11.3 Å². The monoisotopic (exact) mass is 425 g/mol. The number of rotatable bonds is 6. The molecule has 1 aromatic heterocycles. The Hall–Kier alpha value is -2.80. The van der Waals surface area contributed by atoms with E-state index < -0.39 is 0 Å². The normalized spacial score (nSPS) is 21.3. The highest BCUT2D eigenvalue weighted by atomic mass is 16.5. The van der Waals surface area contributed by atoms with Crippen molar-refractivity contribution in [3.8, 4) is 17.5 Å². The first-order valence-electron chi connectivity index (χ1n) is 10.8. The number of amides is 1. The maximum Gasteiger partial charge on any atom is 0.259 e. The fraction of sp³-hybridized carbons (Fsp3) is 0.500. The summed E-state index contributed by atoms with van der Waals surface area (Å²) in [5.74, 6) is 1.62. The summed E-state index contributed by atoms with van der Waals surface area (Å²) < 4.78 is 15.9. The Labute approximate surface area is 183 Å². The molecule has 2 fully saturated rings. The molecule has 31 heavy (non-hydrogen) atoms. The Morgan fingerprint density at radius 1 is 1.03 bits per heavy atom. The van der Waals surface area contributed by atoms with Crippen LogP contribution < -0.4 is 14.2 Å². The van der Waals surface area contributed by atoms with Crippen molar-refractivity contribution in [2.45, 2.75) is 25.8 Å². The molecule has 0 saturated carbocycles. The van der Waals surface area contributed by atoms with E-state index in [-0.39, 0.29) is 11.3 Å². The molecule has 166 valence electrons. The third-order valence-corrected chi connectivity index (χ3v) is 6.47. The van der Waals surface area contributed by atoms with E-state index in [0.717, 1.165) is 57.7 Å². The van der Waals surface area contributed by atoms with Gasteiger partial charge in [0.15, 0.2) is 0 Å². The summed E-state index contributed by atoms with van der Waals surface area (Å²) in [6.45, 7) is 4.54. The number of likely N-dealkylation sites (tertiary alicyclic amines) is 2. The van der Waals surface area contributed by atoms with Crippen LogP contribution in [-0.4, -0.2) is 68.2 Å². The lowest BCUT2D eigenvalue weighted by molar-refractivity contribution is 0.0672. The van der Waals surface area contributed by atoms with Crippen molar-refractivity contribution in [3.63, 3.8) is 0 Å². The summed E-state index contributed by atoms with van der Waals surface area (Å²) in [7, 11) is 4.78. The van der Waals surface area contributed by atoms with Crippen LogP contribution in [0.1, 0.15) is 35.2 Å². The highest BCUT2D eigenvalue weighted by molar-refractivity contribution is 5.96. The fourth-order valence-corrected chi connectivity index (χ4v) is 4.94. The fourth-order valence-electron chi connectivity index (χ4n) is 4.94. The number of piperidine rings is 1. The molecule has 2 aromatic rings. The van der Waals surface area contributed by atoms with Gasteiger partial charge in [-0.3, -0.25) is 9.69 Å². The molecular formula is C24H31N3O4. The van der Waals surface area contributed by atoms with Crippen molar-refractivity contribution in [2.75, 3.05) is 47.5 Å². The number of nitrogens with zero attached hydrogens (tertiary/aromatic N) is 3. The number of carbonyl (C=O) groups excluding carboxylic acids is 1. The molecule has 0 N–H and O–H groups in total. The smallest absolute Gasteiger partial charge is 0.259 e. The lowest BCUT2D eigenvalue weighted by atomic mass is 9.79. The zero-order chi connectivity index (χ0) is 21.8. The molecule has 1 amide bonds. The minimum atomic E-state index is -0.0196. The summed E-state index contributed by atoms with van der Waals surface area (Å²) in [5, 5.41) is 0. The van der Waals surface area contributed by atoms with Crippen molar-refractivity contribution < 1.29 is 19.0 Å². The molecule has 2 aliphatic rings. The Bertz CT molecular complexity index is 935. The van der Waals surface area contributed by atoms with Crippen molar-refractivity contribution in [1.82, 2.24) is 14.8 Å². The molecule has 0 aliphatic carbocycles. The number of carbonyl (C=O) groups is 1. The zero-order valence-electron chi connectivity index (χ0n) is 18.6. The van der Waals surface area contributed by atoms with E-state index in [2.05, 4.69) is 22.0 Å². The van der Waals surface area contributed by atoms with Gasteiger partial charge in [-0.25, -0.2) is 0 Å². The van der Waals surface area contributed by atoms with Crippen LogP contribution in [0.2, 0.25) is 0 Å². The first-order valence-corrected chi connectivity index (χ1v) is 10.8. The zero-order valence-corrected chi connectivity index (χ0v) is 18.6. The lowest BCUT2D eigenvalue weighted by Gasteiger charge is -2.40. The second-order valence-corrected chi connectivity index (χ2v) is 8.55. The topological polar surface area (TPSA) is 64.1 Å². The Balaban J connectivity index is 1.44. The van der Waals surface area contributed by atoms with E-state index >= 15 is 0 Å². The van der Waals surface area contributed by atoms with E-state index in [9.17, 15) is 4.79 Å². The number of aromatic nitrogens is 1. The van der Waals surface area contributed by atoms with Gasteiger partial charge in [-0.2, -0.15) is 4.98 Å². The standard InChI is InChI=1S/C24H31N3O4/c1-29-19-7-4-6-18(14-19)15-26-12-5-10-24(16-26)11-13-27(17-24)23(28)20-8-9-21(30-2)25-22(20)31-3/h4,6-9,14H,5,10-13,15-17H2,1-3H3/t24-/m0/s1. The van der Waals surface area contributed by atoms with E-state index in [1.807, 2.05) is 17.0 Å². The Morgan fingerprint density at radius 2 is 1.90 bits per heavy atom. The number of methoxy groups -OCH3 is 3. The van der Waals surface area contributed by atoms with Crippen molar-refractivity contribution in [2.24, 2.45) is 5.41 Å². The van der Waals surface area contributed by atoms with E-state index in [4.69, 9.17) is 14.2 Å². The van der Waals surface area contributed by atoms with Crippen LogP contribution >= 0.6 is 0 Å². The molecule has 0 bridgehead atoms. The molecule has 7 heteroatoms. The molecule has 4 rings (SSSR count). The number of ether oxygens (including phenoxy) is 3. The summed E-state index contributed by atoms with van der Waals surface area (Å²) in [4.78, 5) is 22.0. The average molecular weight is 426 g/mol. The predicted octanol–water partition coefficient (Wildman–Crippen LogP) is 3.24. The molecule has 1 atom stereocenters. The first kappa shape index (κ1) is 21.4. The lowest BCUT2D eigenvalue weighted by Crippen LogP contribution is -2.45. The Kier molecular flexibility index (Phi) is 6.32. The molecule has 3 heterocycles. The summed E-state index contributed by atoms with van der Waals surface area (Å²) in [6, 6.07) is 11.7. The van der Waals surface area contributed by atoms with Gasteiger partial charge in [-0.1, -0.05) is 12.1 Å². The van der Waals surface area contributed by atoms with E-state index in [0.29, 0.717) is 17.3 Å². The number of benzene rings is 1. The second-order valence-electron chi connectivity index (χ2n) is 8.55. The van der Waals surface area contributed by atoms with Crippen LogP contribution in [-0.2, 0) is 6.54 Å². The Morgan fingerprint density at radius 3 is 2.68 bits per heavy atom. The minimum Gasteiger partial charge on any atom is -0.497 e. The van der Waals surface area contributed by atoms with Crippen LogP contribution in [0, 0.1) is 5.41 Å². The second kappa shape index (κ2) is 9.14. The van der Waals surface area contributed by atoms with Gasteiger partial charge >= 0.3 is 0 Å². The summed E-state index contributed by atoms with van der Waals surface area (Å²) in [5.41, 5.74) is 1.90. The molecule has 0 radical (unpaired) electrons. The van der Waals surface area contributed by atoms with Gasteiger partial charge in [0.2, 0.25) is 11.8 Å². The maximum absolute atomic E-state index is 13.2. The molecule has 1 aromatic carbocycles. The quantitative estimate of drug-likeness (QED) is 0.708. The average Bonchev–Trinajstić information content (AvgIpc) is 3.21. The summed E-state index contributed by atoms with van der Waals surface area (Å²) >= 11 is 0. The van der Waals surface area contributed by atoms with Gasteiger partial charge in [0, 0.05) is 37.7 Å². The first-order chi connectivity index (χ1) is 15.1. The molecule has 2 aliphatic heterocycles. The molecular weight excluding hydrogens is 394 g/mol. The van der Waals surface area contributed by atoms with Gasteiger partial charge in [-0.15, -0.1) is 0 Å². The third kappa shape index (κ3) is 4.61. The minimum absolute atomic E-state index is 0.0196. The van der Waals surface area contributed by atoms with Crippen LogP contribution in [0.5, 0.6) is 17.5 Å².